The highest BCUT2D eigenvalue weighted by Gasteiger charge is 2.11. The summed E-state index contributed by atoms with van der Waals surface area (Å²) in [6.45, 7) is 9.26. The molecule has 126 valence electrons. The van der Waals surface area contributed by atoms with E-state index in [9.17, 15) is 5.11 Å². The SMILES string of the molecule is CCCC(O)CN1CCOCCOCCOCCOCC1. The summed E-state index contributed by atoms with van der Waals surface area (Å²) in [5.41, 5.74) is 0. The average Bonchev–Trinajstić information content (AvgIpc) is 2.47. The molecule has 1 unspecified atom stereocenters. The lowest BCUT2D eigenvalue weighted by Crippen LogP contribution is -2.37. The molecule has 1 saturated heterocycles. The van der Waals surface area contributed by atoms with E-state index >= 15 is 0 Å². The van der Waals surface area contributed by atoms with Gasteiger partial charge in [0.15, 0.2) is 0 Å². The minimum absolute atomic E-state index is 0.274. The van der Waals surface area contributed by atoms with Crippen LogP contribution in [0.3, 0.4) is 0 Å². The van der Waals surface area contributed by atoms with Crippen LogP contribution >= 0.6 is 0 Å². The molecule has 6 heteroatoms. The highest BCUT2D eigenvalue weighted by molar-refractivity contribution is 4.64. The second kappa shape index (κ2) is 13.4. The summed E-state index contributed by atoms with van der Waals surface area (Å²) in [6.07, 6.45) is 1.56. The van der Waals surface area contributed by atoms with E-state index in [1.165, 1.54) is 0 Å². The Labute approximate surface area is 128 Å². The van der Waals surface area contributed by atoms with Crippen LogP contribution in [-0.2, 0) is 18.9 Å². The van der Waals surface area contributed by atoms with Crippen LogP contribution in [0.1, 0.15) is 19.8 Å². The van der Waals surface area contributed by atoms with Gasteiger partial charge in [-0.2, -0.15) is 0 Å². The fraction of sp³-hybridized carbons (Fsp3) is 1.00. The molecule has 1 aliphatic rings. The lowest BCUT2D eigenvalue weighted by molar-refractivity contribution is 0.00206. The second-order valence-corrected chi connectivity index (χ2v) is 5.19. The number of aliphatic hydroxyl groups is 1. The first-order valence-corrected chi connectivity index (χ1v) is 8.04. The number of nitrogens with zero attached hydrogens (tertiary/aromatic N) is 1. The Hall–Kier alpha value is -0.240. The normalized spacial score (nSPS) is 23.1. The minimum atomic E-state index is -0.274. The highest BCUT2D eigenvalue weighted by atomic mass is 16.6. The molecule has 1 fully saturated rings. The maximum Gasteiger partial charge on any atom is 0.0701 e. The molecule has 1 aliphatic heterocycles. The minimum Gasteiger partial charge on any atom is -0.392 e. The third kappa shape index (κ3) is 11.0. The first-order valence-electron chi connectivity index (χ1n) is 8.04. The van der Waals surface area contributed by atoms with Crippen molar-refractivity contribution in [2.75, 3.05) is 72.5 Å². The van der Waals surface area contributed by atoms with E-state index in [-0.39, 0.29) is 6.10 Å². The smallest absolute Gasteiger partial charge is 0.0701 e. The zero-order valence-corrected chi connectivity index (χ0v) is 13.3. The molecule has 0 aromatic heterocycles. The van der Waals surface area contributed by atoms with Crippen LogP contribution in [0.25, 0.3) is 0 Å². The van der Waals surface area contributed by atoms with Gasteiger partial charge >= 0.3 is 0 Å². The van der Waals surface area contributed by atoms with Crippen molar-refractivity contribution in [3.63, 3.8) is 0 Å². The largest absolute Gasteiger partial charge is 0.392 e. The second-order valence-electron chi connectivity index (χ2n) is 5.19. The van der Waals surface area contributed by atoms with E-state index in [0.717, 1.165) is 25.9 Å². The third-order valence-electron chi connectivity index (χ3n) is 3.31. The van der Waals surface area contributed by atoms with Crippen LogP contribution in [-0.4, -0.2) is 88.6 Å². The van der Waals surface area contributed by atoms with Crippen molar-refractivity contribution >= 4 is 0 Å². The Morgan fingerprint density at radius 1 is 0.810 bits per heavy atom. The molecule has 0 aromatic rings. The topological polar surface area (TPSA) is 60.4 Å². The molecule has 0 bridgehead atoms. The molecule has 0 amide bonds. The Morgan fingerprint density at radius 2 is 1.24 bits per heavy atom. The maximum atomic E-state index is 9.95. The van der Waals surface area contributed by atoms with Crippen molar-refractivity contribution in [2.45, 2.75) is 25.9 Å². The summed E-state index contributed by atoms with van der Waals surface area (Å²) in [6, 6.07) is 0. The Balaban J connectivity index is 2.29. The zero-order chi connectivity index (χ0) is 15.2. The first-order chi connectivity index (χ1) is 10.3. The Bertz CT molecular complexity index is 214. The molecule has 0 saturated carbocycles. The van der Waals surface area contributed by atoms with Crippen LogP contribution in [0, 0.1) is 0 Å². The van der Waals surface area contributed by atoms with E-state index in [2.05, 4.69) is 11.8 Å². The highest BCUT2D eigenvalue weighted by Crippen LogP contribution is 2.00. The summed E-state index contributed by atoms with van der Waals surface area (Å²) in [4.78, 5) is 2.20. The zero-order valence-electron chi connectivity index (χ0n) is 13.3. The van der Waals surface area contributed by atoms with Gasteiger partial charge in [-0.15, -0.1) is 0 Å². The quantitative estimate of drug-likeness (QED) is 0.817. The number of aliphatic hydroxyl groups excluding tert-OH is 1. The fourth-order valence-electron chi connectivity index (χ4n) is 2.17. The van der Waals surface area contributed by atoms with Gasteiger partial charge in [0.25, 0.3) is 0 Å². The number of β-amino-alcohol motifs (C(OH)–C–C–N with tert-alkyl or cyclic N) is 1. The van der Waals surface area contributed by atoms with Crippen LogP contribution in [0.15, 0.2) is 0 Å². The van der Waals surface area contributed by atoms with Crippen molar-refractivity contribution in [1.82, 2.24) is 4.90 Å². The van der Waals surface area contributed by atoms with E-state index in [1.54, 1.807) is 0 Å². The average molecular weight is 305 g/mol. The molecule has 0 radical (unpaired) electrons. The molecule has 1 rings (SSSR count). The van der Waals surface area contributed by atoms with Gasteiger partial charge in [-0.25, -0.2) is 0 Å². The van der Waals surface area contributed by atoms with Crippen LogP contribution in [0.5, 0.6) is 0 Å². The van der Waals surface area contributed by atoms with Gasteiger partial charge in [-0.3, -0.25) is 4.90 Å². The molecule has 6 nitrogen and oxygen atoms in total. The number of hydrogen-bond acceptors (Lipinski definition) is 6. The van der Waals surface area contributed by atoms with Gasteiger partial charge in [0.05, 0.1) is 59.0 Å². The first kappa shape index (κ1) is 18.8. The molecule has 1 N–H and O–H groups in total. The fourth-order valence-corrected chi connectivity index (χ4v) is 2.17. The van der Waals surface area contributed by atoms with E-state index in [1.807, 2.05) is 0 Å². The van der Waals surface area contributed by atoms with E-state index in [4.69, 9.17) is 18.9 Å². The summed E-state index contributed by atoms with van der Waals surface area (Å²) in [5, 5.41) is 9.95. The maximum absolute atomic E-state index is 9.95. The van der Waals surface area contributed by atoms with Gasteiger partial charge in [0.1, 0.15) is 0 Å². The summed E-state index contributed by atoms with van der Waals surface area (Å²) >= 11 is 0. The van der Waals surface area contributed by atoms with Gasteiger partial charge in [-0.05, 0) is 6.42 Å². The molecule has 1 atom stereocenters. The Kier molecular flexibility index (Phi) is 12.0. The molecular weight excluding hydrogens is 274 g/mol. The number of hydrogen-bond donors (Lipinski definition) is 1. The van der Waals surface area contributed by atoms with Crippen molar-refractivity contribution in [2.24, 2.45) is 0 Å². The van der Waals surface area contributed by atoms with Gasteiger partial charge in [-0.1, -0.05) is 13.3 Å². The molecule has 0 aliphatic carbocycles. The standard InChI is InChI=1S/C15H31NO5/c1-2-3-15(17)14-16-4-6-18-8-10-20-12-13-21-11-9-19-7-5-16/h15,17H,2-14H2,1H3. The lowest BCUT2D eigenvalue weighted by atomic mass is 10.2. The van der Waals surface area contributed by atoms with Gasteiger partial charge in [0, 0.05) is 19.6 Å². The summed E-state index contributed by atoms with van der Waals surface area (Å²) < 4.78 is 21.9. The molecule has 1 heterocycles. The predicted octanol–water partition coefficient (Wildman–Crippen LogP) is 0.529. The number of ether oxygens (including phenoxy) is 4. The predicted molar refractivity (Wildman–Crippen MR) is 80.6 cm³/mol. The Morgan fingerprint density at radius 3 is 1.67 bits per heavy atom. The molecular formula is C15H31NO5. The van der Waals surface area contributed by atoms with Gasteiger partial charge in [0.2, 0.25) is 0 Å². The van der Waals surface area contributed by atoms with E-state index < -0.39 is 0 Å². The van der Waals surface area contributed by atoms with Crippen LogP contribution < -0.4 is 0 Å². The van der Waals surface area contributed by atoms with Crippen LogP contribution in [0.2, 0.25) is 0 Å². The van der Waals surface area contributed by atoms with Crippen molar-refractivity contribution in [3.05, 3.63) is 0 Å². The third-order valence-corrected chi connectivity index (χ3v) is 3.31. The van der Waals surface area contributed by atoms with Crippen molar-refractivity contribution in [1.29, 1.82) is 0 Å². The van der Waals surface area contributed by atoms with Crippen molar-refractivity contribution in [3.8, 4) is 0 Å². The summed E-state index contributed by atoms with van der Waals surface area (Å²) in [5.74, 6) is 0. The summed E-state index contributed by atoms with van der Waals surface area (Å²) in [7, 11) is 0. The number of rotatable bonds is 4. The lowest BCUT2D eigenvalue weighted by Gasteiger charge is -2.24. The molecule has 21 heavy (non-hydrogen) atoms. The van der Waals surface area contributed by atoms with Gasteiger partial charge < -0.3 is 24.1 Å². The van der Waals surface area contributed by atoms with E-state index in [0.29, 0.717) is 59.4 Å². The molecule has 0 aromatic carbocycles. The molecule has 0 spiro atoms. The van der Waals surface area contributed by atoms with Crippen molar-refractivity contribution < 1.29 is 24.1 Å². The van der Waals surface area contributed by atoms with Crippen LogP contribution in [0.4, 0.5) is 0 Å². The monoisotopic (exact) mass is 305 g/mol.